The van der Waals surface area contributed by atoms with E-state index < -0.39 is 0 Å². The molecule has 1 unspecified atom stereocenters. The van der Waals surface area contributed by atoms with Crippen molar-refractivity contribution in [2.45, 2.75) is 52.1 Å². The summed E-state index contributed by atoms with van der Waals surface area (Å²) in [6.07, 6.45) is 3.44. The van der Waals surface area contributed by atoms with Crippen LogP contribution in [-0.2, 0) is 22.6 Å². The number of anilines is 1. The normalized spacial score (nSPS) is 19.0. The van der Waals surface area contributed by atoms with Crippen molar-refractivity contribution in [3.8, 4) is 0 Å². The minimum Gasteiger partial charge on any atom is -0.368 e. The summed E-state index contributed by atoms with van der Waals surface area (Å²) in [6.45, 7) is 3.91. The quantitative estimate of drug-likeness (QED) is 0.579. The summed E-state index contributed by atoms with van der Waals surface area (Å²) in [6, 6.07) is 4.18. The minimum absolute atomic E-state index is 0.0242. The molecule has 2 amide bonds. The predicted octanol–water partition coefficient (Wildman–Crippen LogP) is 1.59. The molecule has 0 bridgehead atoms. The number of carbonyl (C=O) groups is 2. The molecule has 1 aromatic carbocycles. The van der Waals surface area contributed by atoms with Crippen LogP contribution in [0.4, 0.5) is 5.69 Å². The van der Waals surface area contributed by atoms with Gasteiger partial charge in [0.2, 0.25) is 17.8 Å². The number of rotatable bonds is 3. The lowest BCUT2D eigenvalue weighted by molar-refractivity contribution is -0.118. The number of hydrogen-bond donors (Lipinski definition) is 3. The van der Waals surface area contributed by atoms with Crippen molar-refractivity contribution in [2.75, 3.05) is 5.32 Å². The van der Waals surface area contributed by atoms with E-state index in [-0.39, 0.29) is 23.8 Å². The first-order valence-electron chi connectivity index (χ1n) is 8.32. The van der Waals surface area contributed by atoms with Crippen LogP contribution in [0.1, 0.15) is 55.8 Å². The van der Waals surface area contributed by atoms with E-state index in [0.29, 0.717) is 13.0 Å². The summed E-state index contributed by atoms with van der Waals surface area (Å²) in [5.41, 5.74) is 10.4. The summed E-state index contributed by atoms with van der Waals surface area (Å²) in [4.78, 5) is 22.9. The highest BCUT2D eigenvalue weighted by Gasteiger charge is 2.35. The first kappa shape index (κ1) is 16.3. The molecule has 0 fully saturated rings. The number of benzene rings is 1. The maximum atomic E-state index is 11.8. The summed E-state index contributed by atoms with van der Waals surface area (Å²) in [5.74, 6) is -0.0973. The molecule has 1 aliphatic heterocycles. The molecular formula is C17H23N5O2. The van der Waals surface area contributed by atoms with E-state index >= 15 is 0 Å². The zero-order valence-corrected chi connectivity index (χ0v) is 14.1. The molecule has 1 heterocycles. The molecule has 7 heteroatoms. The number of nitrogens with zero attached hydrogens (tertiary/aromatic N) is 2. The first-order valence-corrected chi connectivity index (χ1v) is 8.32. The van der Waals surface area contributed by atoms with Crippen LogP contribution < -0.4 is 16.4 Å². The number of nitrogens with one attached hydrogen (secondary N) is 2. The standard InChI is InChI=1S/C17H23N5O2/c1-3-15(24)20-13-8-7-11-9-22(21-17(18)19-10(2)23)14-6-4-5-12(13)16(11)14/h7-8,14H,3-6,9H2,1-2H3,(H,20,24)(H3,18,19,21,23). The van der Waals surface area contributed by atoms with Crippen molar-refractivity contribution in [2.24, 2.45) is 10.8 Å². The second kappa shape index (κ2) is 6.51. The summed E-state index contributed by atoms with van der Waals surface area (Å²) < 4.78 is 0. The average molecular weight is 329 g/mol. The van der Waals surface area contributed by atoms with Crippen molar-refractivity contribution >= 4 is 23.5 Å². The van der Waals surface area contributed by atoms with E-state index in [1.54, 1.807) is 0 Å². The lowest BCUT2D eigenvalue weighted by Crippen LogP contribution is -2.37. The van der Waals surface area contributed by atoms with Gasteiger partial charge in [-0.3, -0.25) is 19.9 Å². The van der Waals surface area contributed by atoms with E-state index in [4.69, 9.17) is 5.73 Å². The number of nitrogens with two attached hydrogens (primary N) is 1. The second-order valence-corrected chi connectivity index (χ2v) is 6.24. The Morgan fingerprint density at radius 3 is 2.92 bits per heavy atom. The van der Waals surface area contributed by atoms with Gasteiger partial charge in [-0.15, -0.1) is 5.10 Å². The third-order valence-electron chi connectivity index (χ3n) is 4.51. The molecule has 0 aromatic heterocycles. The van der Waals surface area contributed by atoms with E-state index in [9.17, 15) is 9.59 Å². The molecule has 0 saturated heterocycles. The van der Waals surface area contributed by atoms with Gasteiger partial charge < -0.3 is 11.1 Å². The Labute approximate surface area is 141 Å². The number of carbonyl (C=O) groups excluding carboxylic acids is 2. The highest BCUT2D eigenvalue weighted by molar-refractivity contribution is 5.95. The molecule has 128 valence electrons. The van der Waals surface area contributed by atoms with Gasteiger partial charge in [0, 0.05) is 19.0 Å². The first-order chi connectivity index (χ1) is 11.5. The van der Waals surface area contributed by atoms with Gasteiger partial charge in [-0.25, -0.2) is 0 Å². The largest absolute Gasteiger partial charge is 0.368 e. The molecular weight excluding hydrogens is 306 g/mol. The van der Waals surface area contributed by atoms with E-state index in [1.807, 2.05) is 24.1 Å². The topological polar surface area (TPSA) is 99.8 Å². The monoisotopic (exact) mass is 329 g/mol. The van der Waals surface area contributed by atoms with Gasteiger partial charge in [0.15, 0.2) is 0 Å². The Bertz CT molecular complexity index is 713. The zero-order valence-electron chi connectivity index (χ0n) is 14.1. The lowest BCUT2D eigenvalue weighted by atomic mass is 9.86. The highest BCUT2D eigenvalue weighted by atomic mass is 16.2. The molecule has 0 radical (unpaired) electrons. The Morgan fingerprint density at radius 1 is 1.42 bits per heavy atom. The Kier molecular flexibility index (Phi) is 4.42. The van der Waals surface area contributed by atoms with E-state index in [2.05, 4.69) is 15.7 Å². The van der Waals surface area contributed by atoms with Gasteiger partial charge >= 0.3 is 0 Å². The van der Waals surface area contributed by atoms with Gasteiger partial charge in [0.1, 0.15) is 0 Å². The van der Waals surface area contributed by atoms with Crippen LogP contribution in [0.25, 0.3) is 0 Å². The fourth-order valence-corrected chi connectivity index (χ4v) is 3.54. The van der Waals surface area contributed by atoms with Crippen LogP contribution in [-0.4, -0.2) is 22.8 Å². The SMILES string of the molecule is CCC(=O)Nc1ccc2c3c1CCCC3N(N=C(N)NC(C)=O)C2. The number of hydrazone groups is 1. The second-order valence-electron chi connectivity index (χ2n) is 6.24. The van der Waals surface area contributed by atoms with Crippen LogP contribution in [0.15, 0.2) is 17.2 Å². The van der Waals surface area contributed by atoms with Crippen LogP contribution in [0.3, 0.4) is 0 Å². The molecule has 1 aromatic rings. The fourth-order valence-electron chi connectivity index (χ4n) is 3.54. The Morgan fingerprint density at radius 2 is 2.21 bits per heavy atom. The van der Waals surface area contributed by atoms with Gasteiger partial charge in [-0.2, -0.15) is 0 Å². The van der Waals surface area contributed by atoms with E-state index in [1.165, 1.54) is 23.6 Å². The molecule has 1 atom stereocenters. The highest BCUT2D eigenvalue weighted by Crippen LogP contribution is 2.45. The lowest BCUT2D eigenvalue weighted by Gasteiger charge is -2.28. The van der Waals surface area contributed by atoms with Crippen molar-refractivity contribution in [1.29, 1.82) is 0 Å². The molecule has 4 N–H and O–H groups in total. The van der Waals surface area contributed by atoms with Crippen molar-refractivity contribution in [3.05, 3.63) is 28.8 Å². The van der Waals surface area contributed by atoms with E-state index in [0.717, 1.165) is 24.9 Å². The van der Waals surface area contributed by atoms with Crippen molar-refractivity contribution in [1.82, 2.24) is 10.3 Å². The van der Waals surface area contributed by atoms with Gasteiger partial charge in [-0.05, 0) is 42.0 Å². The molecule has 0 spiro atoms. The maximum absolute atomic E-state index is 11.8. The van der Waals surface area contributed by atoms with Gasteiger partial charge in [0.25, 0.3) is 0 Å². The Balaban J connectivity index is 1.90. The number of guanidine groups is 1. The third kappa shape index (κ3) is 3.06. The van der Waals surface area contributed by atoms with Crippen LogP contribution >= 0.6 is 0 Å². The van der Waals surface area contributed by atoms with Gasteiger partial charge in [-0.1, -0.05) is 13.0 Å². The summed E-state index contributed by atoms with van der Waals surface area (Å²) >= 11 is 0. The van der Waals surface area contributed by atoms with Crippen LogP contribution in [0.2, 0.25) is 0 Å². The van der Waals surface area contributed by atoms with Crippen molar-refractivity contribution < 1.29 is 9.59 Å². The number of amides is 2. The molecule has 0 saturated carbocycles. The summed E-state index contributed by atoms with van der Waals surface area (Å²) in [7, 11) is 0. The maximum Gasteiger partial charge on any atom is 0.224 e. The zero-order chi connectivity index (χ0) is 17.3. The average Bonchev–Trinajstić information content (AvgIpc) is 2.88. The van der Waals surface area contributed by atoms with Crippen LogP contribution in [0.5, 0.6) is 0 Å². The molecule has 1 aliphatic carbocycles. The summed E-state index contributed by atoms with van der Waals surface area (Å²) in [5, 5.41) is 11.8. The van der Waals surface area contributed by atoms with Gasteiger partial charge in [0.05, 0.1) is 12.6 Å². The Hall–Kier alpha value is -2.57. The molecule has 24 heavy (non-hydrogen) atoms. The third-order valence-corrected chi connectivity index (χ3v) is 4.51. The van der Waals surface area contributed by atoms with Crippen molar-refractivity contribution in [3.63, 3.8) is 0 Å². The van der Waals surface area contributed by atoms with Crippen LogP contribution in [0, 0.1) is 0 Å². The molecule has 7 nitrogen and oxygen atoms in total. The molecule has 3 rings (SSSR count). The minimum atomic E-state index is -0.234. The smallest absolute Gasteiger partial charge is 0.224 e. The molecule has 2 aliphatic rings. The fraction of sp³-hybridized carbons (Fsp3) is 0.471. The predicted molar refractivity (Wildman–Crippen MR) is 92.0 cm³/mol. The number of hydrogen-bond acceptors (Lipinski definition) is 4.